The van der Waals surface area contributed by atoms with Gasteiger partial charge in [0.1, 0.15) is 12.0 Å². The quantitative estimate of drug-likeness (QED) is 0.518. The van der Waals surface area contributed by atoms with Crippen molar-refractivity contribution in [2.45, 2.75) is 46.7 Å². The summed E-state index contributed by atoms with van der Waals surface area (Å²) in [6, 6.07) is 4.84. The van der Waals surface area contributed by atoms with Gasteiger partial charge in [-0.2, -0.15) is 0 Å². The second kappa shape index (κ2) is 9.21. The lowest BCUT2D eigenvalue weighted by Gasteiger charge is -2.21. The van der Waals surface area contributed by atoms with Crippen LogP contribution >= 0.6 is 0 Å². The van der Waals surface area contributed by atoms with Crippen LogP contribution in [0.15, 0.2) is 23.0 Å². The zero-order valence-corrected chi connectivity index (χ0v) is 15.9. The summed E-state index contributed by atoms with van der Waals surface area (Å²) in [5.41, 5.74) is 0.685. The number of carbonyl (C=O) groups is 2. The molecule has 0 saturated carbocycles. The minimum atomic E-state index is -1.18. The fraction of sp³-hybridized carbons (Fsp3) is 0.450. The van der Waals surface area contributed by atoms with E-state index in [0.29, 0.717) is 47.2 Å². The van der Waals surface area contributed by atoms with Crippen molar-refractivity contribution in [1.29, 1.82) is 0 Å². The van der Waals surface area contributed by atoms with Gasteiger partial charge in [-0.3, -0.25) is 9.59 Å². The van der Waals surface area contributed by atoms with Gasteiger partial charge in [-0.25, -0.2) is 4.79 Å². The first kappa shape index (κ1) is 20.5. The lowest BCUT2D eigenvalue weighted by molar-refractivity contribution is 0.112. The number of aldehydes is 1. The molecule has 0 saturated heterocycles. The molecule has 0 radical (unpaired) electrons. The first-order valence-electron chi connectivity index (χ1n) is 9.13. The first-order valence-corrected chi connectivity index (χ1v) is 9.13. The van der Waals surface area contributed by atoms with E-state index < -0.39 is 6.09 Å². The molecule has 0 atom stereocenters. The maximum atomic E-state index is 13.1. The van der Waals surface area contributed by atoms with E-state index in [2.05, 4.69) is 5.32 Å². The van der Waals surface area contributed by atoms with Crippen LogP contribution in [0.4, 0.5) is 4.79 Å². The van der Waals surface area contributed by atoms with Gasteiger partial charge in [0.15, 0.2) is 0 Å². The van der Waals surface area contributed by atoms with Crippen LogP contribution in [0.2, 0.25) is 0 Å². The minimum Gasteiger partial charge on any atom is -0.491 e. The lowest BCUT2D eigenvalue weighted by atomic mass is 10.1. The van der Waals surface area contributed by atoms with Gasteiger partial charge in [-0.1, -0.05) is 33.3 Å². The van der Waals surface area contributed by atoms with Crippen molar-refractivity contribution >= 4 is 23.2 Å². The number of nitrogens with zero attached hydrogens (tertiary/aromatic N) is 1. The van der Waals surface area contributed by atoms with E-state index in [4.69, 9.17) is 9.84 Å². The van der Waals surface area contributed by atoms with E-state index in [1.165, 1.54) is 0 Å². The van der Waals surface area contributed by atoms with E-state index in [1.807, 2.05) is 20.8 Å². The Kier molecular flexibility index (Phi) is 6.98. The number of fused-ring (bicyclic) bond motifs is 1. The number of hydrogen-bond donors (Lipinski definition) is 2. The van der Waals surface area contributed by atoms with Crippen molar-refractivity contribution in [2.24, 2.45) is 5.92 Å². The molecule has 0 aliphatic rings. The van der Waals surface area contributed by atoms with E-state index in [9.17, 15) is 14.4 Å². The van der Waals surface area contributed by atoms with Gasteiger partial charge < -0.3 is 19.7 Å². The number of ether oxygens (including phenoxy) is 1. The molecular weight excluding hydrogens is 348 g/mol. The average Bonchev–Trinajstić information content (AvgIpc) is 2.63. The second-order valence-electron chi connectivity index (χ2n) is 6.87. The minimum absolute atomic E-state index is 0.0555. The summed E-state index contributed by atoms with van der Waals surface area (Å²) in [7, 11) is 0. The van der Waals surface area contributed by atoms with Gasteiger partial charge in [0.2, 0.25) is 0 Å². The van der Waals surface area contributed by atoms with Crippen LogP contribution in [-0.4, -0.2) is 28.7 Å². The molecule has 0 unspecified atom stereocenters. The Morgan fingerprint density at radius 2 is 2.07 bits per heavy atom. The number of carboxylic acid groups (broad SMARTS) is 1. The zero-order valence-electron chi connectivity index (χ0n) is 15.9. The third-order valence-electron chi connectivity index (χ3n) is 4.19. The molecular formula is C20H26N2O5. The average molecular weight is 374 g/mol. The van der Waals surface area contributed by atoms with Crippen molar-refractivity contribution in [3.8, 4) is 5.75 Å². The van der Waals surface area contributed by atoms with E-state index in [0.717, 1.165) is 12.8 Å². The molecule has 0 aliphatic heterocycles. The maximum Gasteiger partial charge on any atom is 0.404 e. The van der Waals surface area contributed by atoms with E-state index in [-0.39, 0.29) is 18.0 Å². The van der Waals surface area contributed by atoms with Crippen LogP contribution in [0.3, 0.4) is 0 Å². The fourth-order valence-electron chi connectivity index (χ4n) is 2.93. The van der Waals surface area contributed by atoms with Crippen LogP contribution < -0.4 is 15.6 Å². The Morgan fingerprint density at radius 1 is 1.33 bits per heavy atom. The van der Waals surface area contributed by atoms with Crippen molar-refractivity contribution in [2.75, 3.05) is 6.61 Å². The molecule has 1 aromatic heterocycles. The molecule has 0 bridgehead atoms. The Morgan fingerprint density at radius 3 is 2.67 bits per heavy atom. The number of nitrogens with one attached hydrogen (secondary N) is 1. The largest absolute Gasteiger partial charge is 0.491 e. The molecule has 7 nitrogen and oxygen atoms in total. The number of pyridine rings is 1. The number of aromatic nitrogens is 1. The second-order valence-corrected chi connectivity index (χ2v) is 6.87. The lowest BCUT2D eigenvalue weighted by Crippen LogP contribution is -2.31. The standard InChI is InChI=1S/C20H26N2O5/c1-4-5-8-27-18-16-9-14(12-23)6-7-15(16)19(24)22(11-13(2)3)17(18)10-21-20(25)26/h6-7,9,12-13,21H,4-5,8,10-11H2,1-3H3,(H,25,26). The monoisotopic (exact) mass is 374 g/mol. The third kappa shape index (κ3) is 4.87. The van der Waals surface area contributed by atoms with Gasteiger partial charge in [-0.15, -0.1) is 0 Å². The Bertz CT molecular complexity index is 886. The zero-order chi connectivity index (χ0) is 20.0. The van der Waals surface area contributed by atoms with Crippen molar-refractivity contribution in [1.82, 2.24) is 9.88 Å². The van der Waals surface area contributed by atoms with Crippen LogP contribution in [-0.2, 0) is 13.1 Å². The fourth-order valence-corrected chi connectivity index (χ4v) is 2.93. The number of hydrogen-bond acceptors (Lipinski definition) is 4. The molecule has 0 fully saturated rings. The van der Waals surface area contributed by atoms with Crippen molar-refractivity contribution < 1.29 is 19.4 Å². The smallest absolute Gasteiger partial charge is 0.404 e. The van der Waals surface area contributed by atoms with E-state index in [1.54, 1.807) is 22.8 Å². The predicted octanol–water partition coefficient (Wildman–Crippen LogP) is 3.42. The summed E-state index contributed by atoms with van der Waals surface area (Å²) in [4.78, 5) is 35.3. The van der Waals surface area contributed by atoms with Gasteiger partial charge in [0, 0.05) is 17.5 Å². The molecule has 2 aromatic rings. The highest BCUT2D eigenvalue weighted by Gasteiger charge is 2.19. The highest BCUT2D eigenvalue weighted by molar-refractivity contribution is 5.93. The van der Waals surface area contributed by atoms with Crippen LogP contribution in [0.1, 0.15) is 49.7 Å². The Labute approximate surface area is 157 Å². The van der Waals surface area contributed by atoms with Crippen LogP contribution in [0, 0.1) is 5.92 Å². The predicted molar refractivity (Wildman–Crippen MR) is 104 cm³/mol. The first-order chi connectivity index (χ1) is 12.9. The normalized spacial score (nSPS) is 11.0. The molecule has 0 spiro atoms. The molecule has 27 heavy (non-hydrogen) atoms. The van der Waals surface area contributed by atoms with Crippen LogP contribution in [0.5, 0.6) is 5.75 Å². The number of amides is 1. The molecule has 1 heterocycles. The number of unbranched alkanes of at least 4 members (excludes halogenated alkanes) is 1. The van der Waals surface area contributed by atoms with Gasteiger partial charge in [-0.05, 0) is 24.5 Å². The van der Waals surface area contributed by atoms with Gasteiger partial charge in [0.25, 0.3) is 5.56 Å². The van der Waals surface area contributed by atoms with Crippen molar-refractivity contribution in [3.63, 3.8) is 0 Å². The van der Waals surface area contributed by atoms with E-state index >= 15 is 0 Å². The molecule has 1 aromatic carbocycles. The molecule has 2 N–H and O–H groups in total. The number of rotatable bonds is 9. The summed E-state index contributed by atoms with van der Waals surface area (Å²) in [5.74, 6) is 0.637. The molecule has 1 amide bonds. The molecule has 146 valence electrons. The third-order valence-corrected chi connectivity index (χ3v) is 4.19. The molecule has 7 heteroatoms. The number of carbonyl (C=O) groups excluding carboxylic acids is 1. The Balaban J connectivity index is 2.76. The summed E-state index contributed by atoms with van der Waals surface area (Å²) >= 11 is 0. The number of benzene rings is 1. The topological polar surface area (TPSA) is 97.6 Å². The van der Waals surface area contributed by atoms with Gasteiger partial charge in [0.05, 0.1) is 24.2 Å². The highest BCUT2D eigenvalue weighted by atomic mass is 16.5. The van der Waals surface area contributed by atoms with Crippen molar-refractivity contribution in [3.05, 3.63) is 39.8 Å². The summed E-state index contributed by atoms with van der Waals surface area (Å²) in [6.45, 7) is 6.83. The summed E-state index contributed by atoms with van der Waals surface area (Å²) in [6.07, 6.45) is 1.29. The van der Waals surface area contributed by atoms with Crippen LogP contribution in [0.25, 0.3) is 10.8 Å². The molecule has 0 aliphatic carbocycles. The Hall–Kier alpha value is -2.83. The summed E-state index contributed by atoms with van der Waals surface area (Å²) < 4.78 is 7.57. The molecule has 2 rings (SSSR count). The SMILES string of the molecule is CCCCOc1c(CNC(=O)O)n(CC(C)C)c(=O)c2ccc(C=O)cc12. The maximum absolute atomic E-state index is 13.1. The van der Waals surface area contributed by atoms with Gasteiger partial charge >= 0.3 is 6.09 Å². The highest BCUT2D eigenvalue weighted by Crippen LogP contribution is 2.29. The summed E-state index contributed by atoms with van der Waals surface area (Å²) in [5, 5.41) is 12.3.